The molecule has 1 saturated heterocycles. The molecule has 210 valence electrons. The first kappa shape index (κ1) is 28.2. The van der Waals surface area contributed by atoms with Crippen LogP contribution in [0, 0.1) is 6.92 Å². The molecule has 1 aliphatic heterocycles. The number of thiophene rings is 1. The van der Waals surface area contributed by atoms with Crippen molar-refractivity contribution in [1.29, 1.82) is 0 Å². The van der Waals surface area contributed by atoms with Crippen molar-refractivity contribution in [2.75, 3.05) is 57.9 Å². The van der Waals surface area contributed by atoms with Gasteiger partial charge in [0.2, 0.25) is 5.91 Å². The van der Waals surface area contributed by atoms with E-state index >= 15 is 0 Å². The molecule has 8 nitrogen and oxygen atoms in total. The number of aliphatic hydroxyl groups is 1. The van der Waals surface area contributed by atoms with Crippen LogP contribution in [0.15, 0.2) is 53.9 Å². The minimum Gasteiger partial charge on any atom is -0.394 e. The summed E-state index contributed by atoms with van der Waals surface area (Å²) in [5.41, 5.74) is 6.01. The summed E-state index contributed by atoms with van der Waals surface area (Å²) in [5.74, 6) is -0.0178. The van der Waals surface area contributed by atoms with Gasteiger partial charge in [0.1, 0.15) is 0 Å². The number of aryl methyl sites for hydroxylation is 1. The number of amides is 1. The number of piperazine rings is 1. The Morgan fingerprint density at radius 1 is 1.10 bits per heavy atom. The van der Waals surface area contributed by atoms with Crippen LogP contribution in [0.4, 0.5) is 5.69 Å². The summed E-state index contributed by atoms with van der Waals surface area (Å²) in [6, 6.07) is 16.6. The number of carbonyl (C=O) groups excluding carboxylic acids is 1. The SMILES string of the molecule is Cc1cc2[nH]nc(/C=C/c3cccc(CN4CCN(CCOCCO)CC4)c3)c2cc1NC(=O)Cc1cccs1. The molecule has 0 spiro atoms. The zero-order valence-electron chi connectivity index (χ0n) is 22.9. The molecule has 2 aromatic heterocycles. The summed E-state index contributed by atoms with van der Waals surface area (Å²) >= 11 is 1.59. The number of ether oxygens (including phenoxy) is 1. The summed E-state index contributed by atoms with van der Waals surface area (Å²) in [7, 11) is 0. The standard InChI is InChI=1S/C31H37N5O3S/c1-23-18-30-27(21-29(23)32-31(38)20-26-6-3-17-40-26)28(33-34-30)8-7-24-4-2-5-25(19-24)22-36-11-9-35(10-12-36)13-15-39-16-14-37/h2-8,17-19,21,37H,9-16,20,22H2,1H3,(H,32,38)(H,33,34)/b8-7+. The van der Waals surface area contributed by atoms with Crippen molar-refractivity contribution >= 4 is 46.0 Å². The van der Waals surface area contributed by atoms with Gasteiger partial charge in [0, 0.05) is 55.2 Å². The fraction of sp³-hybridized carbons (Fsp3) is 0.355. The van der Waals surface area contributed by atoms with Crippen molar-refractivity contribution in [3.05, 3.63) is 81.2 Å². The molecule has 0 saturated carbocycles. The van der Waals surface area contributed by atoms with E-state index in [0.29, 0.717) is 19.6 Å². The monoisotopic (exact) mass is 559 g/mol. The lowest BCUT2D eigenvalue weighted by molar-refractivity contribution is -0.115. The lowest BCUT2D eigenvalue weighted by Crippen LogP contribution is -2.46. The van der Waals surface area contributed by atoms with E-state index in [4.69, 9.17) is 9.84 Å². The zero-order chi connectivity index (χ0) is 27.7. The molecule has 9 heteroatoms. The number of hydrogen-bond donors (Lipinski definition) is 3. The van der Waals surface area contributed by atoms with Crippen LogP contribution in [-0.4, -0.2) is 83.6 Å². The number of fused-ring (bicyclic) bond motifs is 1. The van der Waals surface area contributed by atoms with Crippen molar-refractivity contribution in [2.45, 2.75) is 19.9 Å². The summed E-state index contributed by atoms with van der Waals surface area (Å²) in [6.07, 6.45) is 4.50. The molecule has 40 heavy (non-hydrogen) atoms. The van der Waals surface area contributed by atoms with E-state index in [1.165, 1.54) is 5.56 Å². The van der Waals surface area contributed by atoms with E-state index in [9.17, 15) is 4.79 Å². The Labute approximate surface area is 239 Å². The molecule has 0 aliphatic carbocycles. The molecule has 1 aliphatic rings. The van der Waals surface area contributed by atoms with E-state index in [1.807, 2.05) is 42.6 Å². The Hall–Kier alpha value is -3.34. The molecule has 0 radical (unpaired) electrons. The second kappa shape index (κ2) is 13.8. The Morgan fingerprint density at radius 2 is 1.95 bits per heavy atom. The van der Waals surface area contributed by atoms with Gasteiger partial charge in [-0.15, -0.1) is 11.3 Å². The van der Waals surface area contributed by atoms with E-state index in [0.717, 1.165) is 77.6 Å². The average molecular weight is 560 g/mol. The van der Waals surface area contributed by atoms with Crippen LogP contribution in [0.3, 0.4) is 0 Å². The summed E-state index contributed by atoms with van der Waals surface area (Å²) in [5, 5.41) is 22.5. The highest BCUT2D eigenvalue weighted by molar-refractivity contribution is 7.10. The predicted molar refractivity (Wildman–Crippen MR) is 162 cm³/mol. The maximum Gasteiger partial charge on any atom is 0.229 e. The first-order valence-electron chi connectivity index (χ1n) is 13.8. The molecule has 1 amide bonds. The molecule has 3 N–H and O–H groups in total. The van der Waals surface area contributed by atoms with Crippen molar-refractivity contribution in [1.82, 2.24) is 20.0 Å². The molecule has 4 aromatic rings. The Morgan fingerprint density at radius 3 is 2.75 bits per heavy atom. The van der Waals surface area contributed by atoms with Gasteiger partial charge in [-0.2, -0.15) is 5.10 Å². The van der Waals surface area contributed by atoms with E-state index in [2.05, 4.69) is 55.7 Å². The fourth-order valence-corrected chi connectivity index (χ4v) is 5.68. The highest BCUT2D eigenvalue weighted by Crippen LogP contribution is 2.26. The van der Waals surface area contributed by atoms with E-state index in [1.54, 1.807) is 11.3 Å². The first-order valence-corrected chi connectivity index (χ1v) is 14.7. The number of nitrogens with zero attached hydrogens (tertiary/aromatic N) is 3. The van der Waals surface area contributed by atoms with Crippen LogP contribution in [-0.2, 0) is 22.5 Å². The lowest BCUT2D eigenvalue weighted by atomic mass is 10.1. The topological polar surface area (TPSA) is 93.7 Å². The third-order valence-corrected chi connectivity index (χ3v) is 8.05. The normalized spacial score (nSPS) is 14.8. The third kappa shape index (κ3) is 7.65. The Bertz CT molecular complexity index is 1420. The van der Waals surface area contributed by atoms with E-state index in [-0.39, 0.29) is 12.5 Å². The molecular formula is C31H37N5O3S. The molecule has 1 fully saturated rings. The summed E-state index contributed by atoms with van der Waals surface area (Å²) in [4.78, 5) is 18.6. The minimum atomic E-state index is -0.0178. The first-order chi connectivity index (χ1) is 19.6. The highest BCUT2D eigenvalue weighted by Gasteiger charge is 2.17. The second-order valence-corrected chi connectivity index (χ2v) is 11.2. The van der Waals surface area contributed by atoms with Crippen molar-refractivity contribution in [3.63, 3.8) is 0 Å². The van der Waals surface area contributed by atoms with Crippen molar-refractivity contribution < 1.29 is 14.6 Å². The van der Waals surface area contributed by atoms with Gasteiger partial charge in [-0.3, -0.25) is 19.7 Å². The van der Waals surface area contributed by atoms with Gasteiger partial charge < -0.3 is 15.2 Å². The van der Waals surface area contributed by atoms with Crippen LogP contribution in [0.5, 0.6) is 0 Å². The van der Waals surface area contributed by atoms with E-state index < -0.39 is 0 Å². The van der Waals surface area contributed by atoms with Crippen LogP contribution in [0.1, 0.15) is 27.3 Å². The van der Waals surface area contributed by atoms with Crippen LogP contribution < -0.4 is 5.32 Å². The molecule has 2 aromatic carbocycles. The van der Waals surface area contributed by atoms with Crippen LogP contribution in [0.25, 0.3) is 23.1 Å². The summed E-state index contributed by atoms with van der Waals surface area (Å²) < 4.78 is 5.40. The van der Waals surface area contributed by atoms with Crippen molar-refractivity contribution in [3.8, 4) is 0 Å². The molecular weight excluding hydrogens is 522 g/mol. The maximum atomic E-state index is 12.6. The van der Waals surface area contributed by atoms with Crippen molar-refractivity contribution in [2.24, 2.45) is 0 Å². The van der Waals surface area contributed by atoms with Gasteiger partial charge in [0.25, 0.3) is 0 Å². The number of aromatic nitrogens is 2. The van der Waals surface area contributed by atoms with Gasteiger partial charge >= 0.3 is 0 Å². The number of carbonyl (C=O) groups is 1. The van der Waals surface area contributed by atoms with Crippen LogP contribution >= 0.6 is 11.3 Å². The zero-order valence-corrected chi connectivity index (χ0v) is 23.8. The fourth-order valence-electron chi connectivity index (χ4n) is 4.98. The average Bonchev–Trinajstić information content (AvgIpc) is 3.61. The largest absolute Gasteiger partial charge is 0.394 e. The highest BCUT2D eigenvalue weighted by atomic mass is 32.1. The molecule has 0 bridgehead atoms. The smallest absolute Gasteiger partial charge is 0.229 e. The molecule has 5 rings (SSSR count). The maximum absolute atomic E-state index is 12.6. The van der Waals surface area contributed by atoms with Gasteiger partial charge in [-0.1, -0.05) is 36.4 Å². The van der Waals surface area contributed by atoms with Gasteiger partial charge in [-0.25, -0.2) is 0 Å². The molecule has 3 heterocycles. The number of benzene rings is 2. The molecule has 0 unspecified atom stereocenters. The quantitative estimate of drug-likeness (QED) is 0.223. The predicted octanol–water partition coefficient (Wildman–Crippen LogP) is 4.41. The van der Waals surface area contributed by atoms with Gasteiger partial charge in [0.05, 0.1) is 37.5 Å². The number of hydrogen-bond acceptors (Lipinski definition) is 7. The number of rotatable bonds is 12. The molecule has 0 atom stereocenters. The number of H-pyrrole nitrogens is 1. The van der Waals surface area contributed by atoms with Crippen LogP contribution in [0.2, 0.25) is 0 Å². The Balaban J connectivity index is 1.19. The second-order valence-electron chi connectivity index (χ2n) is 10.2. The number of aromatic amines is 1. The number of nitrogens with one attached hydrogen (secondary N) is 2. The Kier molecular flexibility index (Phi) is 9.75. The number of anilines is 1. The number of aliphatic hydroxyl groups excluding tert-OH is 1. The summed E-state index contributed by atoms with van der Waals surface area (Å²) in [6.45, 7) is 9.13. The lowest BCUT2D eigenvalue weighted by Gasteiger charge is -2.34. The van der Waals surface area contributed by atoms with Gasteiger partial charge in [-0.05, 0) is 53.3 Å². The van der Waals surface area contributed by atoms with Gasteiger partial charge in [0.15, 0.2) is 0 Å². The third-order valence-electron chi connectivity index (χ3n) is 7.17. The minimum absolute atomic E-state index is 0.0178.